The SMILES string of the molecule is C[C@H](C(=O)NCc1nnc2n1CCCCC2)n1c(C(F)(F)F)nc2ccccc21. The van der Waals surface area contributed by atoms with Crippen molar-refractivity contribution >= 4 is 16.9 Å². The van der Waals surface area contributed by atoms with Crippen LogP contribution in [0.25, 0.3) is 11.0 Å². The Balaban J connectivity index is 1.57. The number of hydrogen-bond donors (Lipinski definition) is 1. The molecule has 0 fully saturated rings. The van der Waals surface area contributed by atoms with Gasteiger partial charge < -0.3 is 14.5 Å². The van der Waals surface area contributed by atoms with E-state index in [0.717, 1.165) is 42.6 Å². The fourth-order valence-corrected chi connectivity index (χ4v) is 3.74. The van der Waals surface area contributed by atoms with Gasteiger partial charge in [0.05, 0.1) is 17.6 Å². The summed E-state index contributed by atoms with van der Waals surface area (Å²) in [5.74, 6) is -0.115. The lowest BCUT2D eigenvalue weighted by Crippen LogP contribution is -2.33. The molecule has 1 aliphatic heterocycles. The van der Waals surface area contributed by atoms with Gasteiger partial charge in [0.1, 0.15) is 11.9 Å². The number of nitrogens with one attached hydrogen (secondary N) is 1. The van der Waals surface area contributed by atoms with Gasteiger partial charge in [-0.1, -0.05) is 18.6 Å². The molecule has 1 aromatic carbocycles. The Bertz CT molecular complexity index is 1040. The van der Waals surface area contributed by atoms with E-state index in [9.17, 15) is 18.0 Å². The summed E-state index contributed by atoms with van der Waals surface area (Å²) in [5.41, 5.74) is 0.459. The Morgan fingerprint density at radius 2 is 2.00 bits per heavy atom. The van der Waals surface area contributed by atoms with Gasteiger partial charge in [0.25, 0.3) is 0 Å². The molecular formula is C19H21F3N6O. The molecule has 1 N–H and O–H groups in total. The van der Waals surface area contributed by atoms with Gasteiger partial charge in [0.15, 0.2) is 5.82 Å². The third kappa shape index (κ3) is 3.70. The first-order valence-electron chi connectivity index (χ1n) is 9.59. The van der Waals surface area contributed by atoms with Crippen LogP contribution in [0, 0.1) is 0 Å². The predicted molar refractivity (Wildman–Crippen MR) is 98.9 cm³/mol. The number of carbonyl (C=O) groups is 1. The molecule has 0 bridgehead atoms. The number of halogens is 3. The molecule has 0 aliphatic carbocycles. The highest BCUT2D eigenvalue weighted by atomic mass is 19.4. The van der Waals surface area contributed by atoms with Crippen LogP contribution < -0.4 is 5.32 Å². The Labute approximate surface area is 164 Å². The number of para-hydroxylation sites is 2. The Morgan fingerprint density at radius 1 is 1.21 bits per heavy atom. The van der Waals surface area contributed by atoms with Gasteiger partial charge in [-0.15, -0.1) is 10.2 Å². The van der Waals surface area contributed by atoms with Gasteiger partial charge in [-0.25, -0.2) is 4.98 Å². The molecule has 2 aromatic heterocycles. The van der Waals surface area contributed by atoms with Crippen LogP contribution in [0.2, 0.25) is 0 Å². The average molecular weight is 406 g/mol. The smallest absolute Gasteiger partial charge is 0.347 e. The number of benzene rings is 1. The molecule has 0 unspecified atom stereocenters. The molecule has 1 aliphatic rings. The summed E-state index contributed by atoms with van der Waals surface area (Å²) >= 11 is 0. The van der Waals surface area contributed by atoms with Crippen molar-refractivity contribution in [1.29, 1.82) is 0 Å². The number of amides is 1. The zero-order chi connectivity index (χ0) is 20.6. The molecule has 0 spiro atoms. The second kappa shape index (κ2) is 7.49. The summed E-state index contributed by atoms with van der Waals surface area (Å²) in [4.78, 5) is 16.4. The number of fused-ring (bicyclic) bond motifs is 2. The summed E-state index contributed by atoms with van der Waals surface area (Å²) in [5, 5.41) is 11.0. The van der Waals surface area contributed by atoms with Gasteiger partial charge in [0, 0.05) is 13.0 Å². The van der Waals surface area contributed by atoms with E-state index < -0.39 is 23.9 Å². The van der Waals surface area contributed by atoms with Crippen molar-refractivity contribution < 1.29 is 18.0 Å². The van der Waals surface area contributed by atoms with Gasteiger partial charge >= 0.3 is 6.18 Å². The van der Waals surface area contributed by atoms with Crippen LogP contribution in [-0.4, -0.2) is 30.2 Å². The van der Waals surface area contributed by atoms with Crippen LogP contribution in [0.3, 0.4) is 0 Å². The third-order valence-corrected chi connectivity index (χ3v) is 5.22. The second-order valence-electron chi connectivity index (χ2n) is 7.18. The maximum Gasteiger partial charge on any atom is 0.449 e. The van der Waals surface area contributed by atoms with E-state index in [4.69, 9.17) is 0 Å². The van der Waals surface area contributed by atoms with Crippen molar-refractivity contribution in [3.63, 3.8) is 0 Å². The summed E-state index contributed by atoms with van der Waals surface area (Å²) in [7, 11) is 0. The van der Waals surface area contributed by atoms with Gasteiger partial charge in [0.2, 0.25) is 11.7 Å². The molecule has 0 saturated carbocycles. The zero-order valence-corrected chi connectivity index (χ0v) is 15.9. The summed E-state index contributed by atoms with van der Waals surface area (Å²) in [6.45, 7) is 2.33. The molecular weight excluding hydrogens is 385 g/mol. The van der Waals surface area contributed by atoms with E-state index >= 15 is 0 Å². The van der Waals surface area contributed by atoms with Crippen LogP contribution in [0.1, 0.15) is 49.7 Å². The first-order chi connectivity index (χ1) is 13.9. The zero-order valence-electron chi connectivity index (χ0n) is 15.9. The van der Waals surface area contributed by atoms with Crippen molar-refractivity contribution in [2.45, 2.75) is 57.9 Å². The van der Waals surface area contributed by atoms with E-state index in [0.29, 0.717) is 5.82 Å². The lowest BCUT2D eigenvalue weighted by molar-refractivity contribution is -0.148. The number of carbonyl (C=O) groups excluding carboxylic acids is 1. The molecule has 4 rings (SSSR count). The number of imidazole rings is 1. The van der Waals surface area contributed by atoms with Crippen LogP contribution in [0.4, 0.5) is 13.2 Å². The first-order valence-corrected chi connectivity index (χ1v) is 9.59. The highest BCUT2D eigenvalue weighted by Gasteiger charge is 2.39. The highest BCUT2D eigenvalue weighted by molar-refractivity contribution is 5.84. The summed E-state index contributed by atoms with van der Waals surface area (Å²) < 4.78 is 43.5. The quantitative estimate of drug-likeness (QED) is 0.722. The number of hydrogen-bond acceptors (Lipinski definition) is 4. The van der Waals surface area contributed by atoms with E-state index in [1.165, 1.54) is 19.1 Å². The average Bonchev–Trinajstić information content (AvgIpc) is 3.19. The lowest BCUT2D eigenvalue weighted by atomic mass is 10.2. The van der Waals surface area contributed by atoms with E-state index in [1.54, 1.807) is 12.1 Å². The maximum absolute atomic E-state index is 13.5. The third-order valence-electron chi connectivity index (χ3n) is 5.22. The van der Waals surface area contributed by atoms with Crippen molar-refractivity contribution in [2.24, 2.45) is 0 Å². The maximum atomic E-state index is 13.5. The molecule has 10 heteroatoms. The first kappa shape index (κ1) is 19.4. The lowest BCUT2D eigenvalue weighted by Gasteiger charge is -2.18. The molecule has 0 saturated heterocycles. The van der Waals surface area contributed by atoms with Crippen molar-refractivity contribution in [3.8, 4) is 0 Å². The monoisotopic (exact) mass is 406 g/mol. The number of aryl methyl sites for hydroxylation is 1. The Hall–Kier alpha value is -2.91. The second-order valence-corrected chi connectivity index (χ2v) is 7.18. The normalized spacial score (nSPS) is 15.7. The molecule has 0 radical (unpaired) electrons. The fourth-order valence-electron chi connectivity index (χ4n) is 3.74. The highest BCUT2D eigenvalue weighted by Crippen LogP contribution is 2.33. The minimum absolute atomic E-state index is 0.115. The van der Waals surface area contributed by atoms with Gasteiger partial charge in [-0.05, 0) is 31.9 Å². The molecule has 29 heavy (non-hydrogen) atoms. The molecule has 1 atom stereocenters. The van der Waals surface area contributed by atoms with Crippen molar-refractivity contribution in [2.75, 3.05) is 0 Å². The van der Waals surface area contributed by atoms with Crippen molar-refractivity contribution in [3.05, 3.63) is 41.7 Å². The number of rotatable bonds is 4. The number of aromatic nitrogens is 5. The van der Waals surface area contributed by atoms with Crippen LogP contribution >= 0.6 is 0 Å². The Kier molecular flexibility index (Phi) is 5.01. The van der Waals surface area contributed by atoms with E-state index in [1.807, 2.05) is 4.57 Å². The fraction of sp³-hybridized carbons (Fsp3) is 0.474. The molecule has 3 heterocycles. The van der Waals surface area contributed by atoms with E-state index in [-0.39, 0.29) is 17.6 Å². The number of nitrogens with zero attached hydrogens (tertiary/aromatic N) is 5. The van der Waals surface area contributed by atoms with Gasteiger partial charge in [-0.2, -0.15) is 13.2 Å². The van der Waals surface area contributed by atoms with Crippen molar-refractivity contribution in [1.82, 2.24) is 29.6 Å². The molecule has 7 nitrogen and oxygen atoms in total. The van der Waals surface area contributed by atoms with Gasteiger partial charge in [-0.3, -0.25) is 4.79 Å². The topological polar surface area (TPSA) is 77.6 Å². The number of alkyl halides is 3. The molecule has 1 amide bonds. The van der Waals surface area contributed by atoms with Crippen LogP contribution in [0.15, 0.2) is 24.3 Å². The molecule has 3 aromatic rings. The minimum Gasteiger partial charge on any atom is -0.347 e. The standard InChI is InChI=1S/C19H21F3N6O/c1-12(28-14-8-5-4-7-13(14)24-18(28)19(20,21)22)17(29)23-11-16-26-25-15-9-3-2-6-10-27(15)16/h4-5,7-8,12H,2-3,6,9-11H2,1H3,(H,23,29)/t12-/m1/s1. The van der Waals surface area contributed by atoms with Crippen LogP contribution in [0.5, 0.6) is 0 Å². The summed E-state index contributed by atoms with van der Waals surface area (Å²) in [6, 6.07) is 5.17. The largest absolute Gasteiger partial charge is 0.449 e. The molecule has 154 valence electrons. The van der Waals surface area contributed by atoms with Crippen LogP contribution in [-0.2, 0) is 30.5 Å². The van der Waals surface area contributed by atoms with E-state index in [2.05, 4.69) is 20.5 Å². The predicted octanol–water partition coefficient (Wildman–Crippen LogP) is 3.25. The Morgan fingerprint density at radius 3 is 2.79 bits per heavy atom. The minimum atomic E-state index is -4.67. The summed E-state index contributed by atoms with van der Waals surface area (Å²) in [6.07, 6.45) is -0.654.